The van der Waals surface area contributed by atoms with Gasteiger partial charge in [0.15, 0.2) is 0 Å². The first-order valence-electron chi connectivity index (χ1n) is 9.10. The number of imidazole rings is 1. The van der Waals surface area contributed by atoms with E-state index >= 15 is 0 Å². The van der Waals surface area contributed by atoms with Crippen LogP contribution in [0.25, 0.3) is 0 Å². The Balaban J connectivity index is 1.43. The van der Waals surface area contributed by atoms with Crippen LogP contribution in [0.3, 0.4) is 0 Å². The SMILES string of the molecule is CCn1cc([C@@H]2OCC[C@H]2CNC(c2nccn2C)C2CC2)cn1. The number of hydrogen-bond acceptors (Lipinski definition) is 4. The van der Waals surface area contributed by atoms with Crippen LogP contribution in [0.1, 0.15) is 49.7 Å². The Hall–Kier alpha value is -1.66. The van der Waals surface area contributed by atoms with Gasteiger partial charge in [-0.3, -0.25) is 4.68 Å². The zero-order chi connectivity index (χ0) is 16.5. The Morgan fingerprint density at radius 3 is 2.92 bits per heavy atom. The smallest absolute Gasteiger partial charge is 0.125 e. The maximum atomic E-state index is 6.02. The second-order valence-corrected chi connectivity index (χ2v) is 7.09. The van der Waals surface area contributed by atoms with Crippen molar-refractivity contribution in [3.63, 3.8) is 0 Å². The van der Waals surface area contributed by atoms with Gasteiger partial charge in [0, 0.05) is 56.8 Å². The third kappa shape index (κ3) is 3.13. The molecule has 0 amide bonds. The van der Waals surface area contributed by atoms with Gasteiger partial charge in [0.05, 0.1) is 18.3 Å². The predicted octanol–water partition coefficient (Wildman–Crippen LogP) is 2.46. The van der Waals surface area contributed by atoms with Crippen LogP contribution in [0.5, 0.6) is 0 Å². The average Bonchev–Trinajstić information content (AvgIpc) is 2.99. The Labute approximate surface area is 143 Å². The van der Waals surface area contributed by atoms with Crippen molar-refractivity contribution in [3.8, 4) is 0 Å². The molecule has 2 aliphatic rings. The molecule has 3 atom stereocenters. The highest BCUT2D eigenvalue weighted by Crippen LogP contribution is 2.41. The van der Waals surface area contributed by atoms with E-state index < -0.39 is 0 Å². The van der Waals surface area contributed by atoms with Crippen LogP contribution in [0, 0.1) is 11.8 Å². The summed E-state index contributed by atoms with van der Waals surface area (Å²) in [6, 6.07) is 0.365. The van der Waals surface area contributed by atoms with Gasteiger partial charge in [0.2, 0.25) is 0 Å². The number of rotatable bonds is 7. The monoisotopic (exact) mass is 329 g/mol. The van der Waals surface area contributed by atoms with E-state index in [1.54, 1.807) is 0 Å². The van der Waals surface area contributed by atoms with Gasteiger partial charge < -0.3 is 14.6 Å². The molecular formula is C18H27N5O. The predicted molar refractivity (Wildman–Crippen MR) is 91.4 cm³/mol. The Morgan fingerprint density at radius 1 is 1.38 bits per heavy atom. The maximum Gasteiger partial charge on any atom is 0.125 e. The van der Waals surface area contributed by atoms with Gasteiger partial charge in [0.25, 0.3) is 0 Å². The summed E-state index contributed by atoms with van der Waals surface area (Å²) in [4.78, 5) is 4.57. The van der Waals surface area contributed by atoms with Gasteiger partial charge in [-0.25, -0.2) is 4.98 Å². The van der Waals surface area contributed by atoms with Crippen molar-refractivity contribution in [1.29, 1.82) is 0 Å². The molecule has 2 aromatic rings. The topological polar surface area (TPSA) is 56.9 Å². The molecule has 0 radical (unpaired) electrons. The minimum atomic E-state index is 0.166. The second kappa shape index (κ2) is 6.69. The van der Waals surface area contributed by atoms with Crippen LogP contribution in [-0.2, 0) is 18.3 Å². The fourth-order valence-corrected chi connectivity index (χ4v) is 3.76. The van der Waals surface area contributed by atoms with Crippen molar-refractivity contribution in [2.75, 3.05) is 13.2 Å². The van der Waals surface area contributed by atoms with Gasteiger partial charge in [-0.05, 0) is 32.1 Å². The molecule has 0 spiro atoms. The van der Waals surface area contributed by atoms with Crippen LogP contribution >= 0.6 is 0 Å². The summed E-state index contributed by atoms with van der Waals surface area (Å²) < 4.78 is 10.1. The molecule has 0 bridgehead atoms. The fraction of sp³-hybridized carbons (Fsp3) is 0.667. The molecule has 130 valence electrons. The quantitative estimate of drug-likeness (QED) is 0.848. The molecule has 1 saturated carbocycles. The summed E-state index contributed by atoms with van der Waals surface area (Å²) in [5, 5.41) is 8.20. The minimum absolute atomic E-state index is 0.166. The highest BCUT2D eigenvalue weighted by Gasteiger charge is 2.36. The van der Waals surface area contributed by atoms with E-state index in [1.807, 2.05) is 23.3 Å². The fourth-order valence-electron chi connectivity index (χ4n) is 3.76. The molecule has 2 fully saturated rings. The van der Waals surface area contributed by atoms with Crippen molar-refractivity contribution in [2.45, 2.75) is 44.9 Å². The van der Waals surface area contributed by atoms with Crippen LogP contribution in [0.4, 0.5) is 0 Å². The van der Waals surface area contributed by atoms with Crippen molar-refractivity contribution < 1.29 is 4.74 Å². The van der Waals surface area contributed by atoms with Crippen molar-refractivity contribution in [1.82, 2.24) is 24.6 Å². The van der Waals surface area contributed by atoms with Gasteiger partial charge in [-0.15, -0.1) is 0 Å². The third-order valence-corrected chi connectivity index (χ3v) is 5.35. The van der Waals surface area contributed by atoms with E-state index in [9.17, 15) is 0 Å². The largest absolute Gasteiger partial charge is 0.373 e. The molecular weight excluding hydrogens is 302 g/mol. The van der Waals surface area contributed by atoms with Gasteiger partial charge in [-0.2, -0.15) is 5.10 Å². The Kier molecular flexibility index (Phi) is 4.41. The molecule has 0 aromatic carbocycles. The molecule has 4 rings (SSSR count). The van der Waals surface area contributed by atoms with E-state index in [1.165, 1.54) is 18.4 Å². The second-order valence-electron chi connectivity index (χ2n) is 7.09. The van der Waals surface area contributed by atoms with E-state index in [4.69, 9.17) is 4.74 Å². The van der Waals surface area contributed by atoms with Crippen LogP contribution < -0.4 is 5.32 Å². The summed E-state index contributed by atoms with van der Waals surface area (Å²) in [6.45, 7) is 4.82. The number of hydrogen-bond donors (Lipinski definition) is 1. The van der Waals surface area contributed by atoms with E-state index in [0.717, 1.165) is 37.9 Å². The molecule has 24 heavy (non-hydrogen) atoms. The molecule has 6 heteroatoms. The molecule has 1 aliphatic heterocycles. The number of nitrogens with one attached hydrogen (secondary N) is 1. The van der Waals surface area contributed by atoms with Crippen LogP contribution in [0.15, 0.2) is 24.8 Å². The summed E-state index contributed by atoms with van der Waals surface area (Å²) in [6.07, 6.45) is 11.9. The lowest BCUT2D eigenvalue weighted by Gasteiger charge is -2.23. The lowest BCUT2D eigenvalue weighted by Crippen LogP contribution is -2.31. The van der Waals surface area contributed by atoms with Gasteiger partial charge in [0.1, 0.15) is 5.82 Å². The maximum absolute atomic E-state index is 6.02. The summed E-state index contributed by atoms with van der Waals surface area (Å²) >= 11 is 0. The van der Waals surface area contributed by atoms with Gasteiger partial charge in [-0.1, -0.05) is 0 Å². The molecule has 1 unspecified atom stereocenters. The first-order chi connectivity index (χ1) is 11.8. The minimum Gasteiger partial charge on any atom is -0.373 e. The number of aromatic nitrogens is 4. The zero-order valence-corrected chi connectivity index (χ0v) is 14.6. The summed E-state index contributed by atoms with van der Waals surface area (Å²) in [7, 11) is 2.08. The van der Waals surface area contributed by atoms with E-state index in [-0.39, 0.29) is 6.10 Å². The Morgan fingerprint density at radius 2 is 2.25 bits per heavy atom. The summed E-state index contributed by atoms with van der Waals surface area (Å²) in [5.41, 5.74) is 1.21. The molecule has 2 aromatic heterocycles. The van der Waals surface area contributed by atoms with E-state index in [0.29, 0.717) is 12.0 Å². The average molecular weight is 329 g/mol. The third-order valence-electron chi connectivity index (χ3n) is 5.35. The summed E-state index contributed by atoms with van der Waals surface area (Å²) in [5.74, 6) is 2.39. The van der Waals surface area contributed by atoms with Crippen molar-refractivity contribution >= 4 is 0 Å². The molecule has 1 N–H and O–H groups in total. The van der Waals surface area contributed by atoms with E-state index in [2.05, 4.69) is 40.1 Å². The normalized spacial score (nSPS) is 25.2. The van der Waals surface area contributed by atoms with Gasteiger partial charge >= 0.3 is 0 Å². The zero-order valence-electron chi connectivity index (χ0n) is 14.6. The lowest BCUT2D eigenvalue weighted by atomic mass is 9.96. The molecule has 1 saturated heterocycles. The van der Waals surface area contributed by atoms with Crippen LogP contribution in [-0.4, -0.2) is 32.5 Å². The highest BCUT2D eigenvalue weighted by atomic mass is 16.5. The van der Waals surface area contributed by atoms with Crippen molar-refractivity contribution in [3.05, 3.63) is 36.2 Å². The molecule has 1 aliphatic carbocycles. The van der Waals surface area contributed by atoms with Crippen LogP contribution in [0.2, 0.25) is 0 Å². The molecule has 3 heterocycles. The number of ether oxygens (including phenoxy) is 1. The van der Waals surface area contributed by atoms with Crippen molar-refractivity contribution in [2.24, 2.45) is 18.9 Å². The number of aryl methyl sites for hydroxylation is 2. The Bertz CT molecular complexity index is 675. The number of nitrogens with zero attached hydrogens (tertiary/aromatic N) is 4. The molecule has 6 nitrogen and oxygen atoms in total. The highest BCUT2D eigenvalue weighted by molar-refractivity contribution is 5.12. The lowest BCUT2D eigenvalue weighted by molar-refractivity contribution is 0.0893. The standard InChI is InChI=1S/C18H27N5O/c1-3-23-12-15(11-21-23)17-14(6-9-24-17)10-20-16(13-4-5-13)18-19-7-8-22(18)2/h7-8,11-14,16-17,20H,3-6,9-10H2,1-2H3/t14-,16?,17+/m0/s1. The first kappa shape index (κ1) is 15.8. The first-order valence-corrected chi connectivity index (χ1v) is 9.10.